The molecule has 1 saturated carbocycles. The highest BCUT2D eigenvalue weighted by Gasteiger charge is 2.31. The number of hydrogen-bond acceptors (Lipinski definition) is 4. The van der Waals surface area contributed by atoms with Crippen molar-refractivity contribution in [3.63, 3.8) is 0 Å². The zero-order valence-corrected chi connectivity index (χ0v) is 17.6. The molecule has 3 aromatic rings. The summed E-state index contributed by atoms with van der Waals surface area (Å²) in [4.78, 5) is 13.1. The van der Waals surface area contributed by atoms with Crippen LogP contribution in [0.2, 0.25) is 0 Å². The Labute approximate surface area is 175 Å². The van der Waals surface area contributed by atoms with E-state index in [1.54, 1.807) is 0 Å². The lowest BCUT2D eigenvalue weighted by Gasteiger charge is -2.22. The minimum absolute atomic E-state index is 0.00803. The summed E-state index contributed by atoms with van der Waals surface area (Å²) < 4.78 is 2.15. The summed E-state index contributed by atoms with van der Waals surface area (Å²) in [5, 5.41) is 12.5. The summed E-state index contributed by atoms with van der Waals surface area (Å²) in [5.74, 6) is 1.60. The number of amides is 1. The molecule has 29 heavy (non-hydrogen) atoms. The SMILES string of the molecule is CCn1c(S[C@@H](C)C(=O)NC(c2ccccc2)c2ccccc2)nnc1C1CC1. The first kappa shape index (κ1) is 19.7. The van der Waals surface area contributed by atoms with Crippen molar-refractivity contribution in [2.24, 2.45) is 0 Å². The molecular formula is C23H26N4OS. The highest BCUT2D eigenvalue weighted by atomic mass is 32.2. The molecule has 0 bridgehead atoms. The summed E-state index contributed by atoms with van der Waals surface area (Å²) in [5.41, 5.74) is 2.13. The van der Waals surface area contributed by atoms with E-state index in [0.717, 1.165) is 28.7 Å². The summed E-state index contributed by atoms with van der Waals surface area (Å²) in [6, 6.07) is 20.0. The topological polar surface area (TPSA) is 59.8 Å². The van der Waals surface area contributed by atoms with Gasteiger partial charge in [-0.3, -0.25) is 4.79 Å². The van der Waals surface area contributed by atoms with Crippen LogP contribution < -0.4 is 5.32 Å². The number of benzene rings is 2. The molecule has 0 radical (unpaired) electrons. The summed E-state index contributed by atoms with van der Waals surface area (Å²) in [7, 11) is 0. The molecule has 1 aliphatic rings. The van der Waals surface area contributed by atoms with Crippen molar-refractivity contribution in [1.82, 2.24) is 20.1 Å². The third-order valence-corrected chi connectivity index (χ3v) is 6.29. The molecule has 1 fully saturated rings. The van der Waals surface area contributed by atoms with E-state index in [0.29, 0.717) is 5.92 Å². The van der Waals surface area contributed by atoms with E-state index < -0.39 is 0 Å². The molecular weight excluding hydrogens is 380 g/mol. The second-order valence-electron chi connectivity index (χ2n) is 7.38. The third kappa shape index (κ3) is 4.53. The normalized spacial score (nSPS) is 14.7. The largest absolute Gasteiger partial charge is 0.344 e. The van der Waals surface area contributed by atoms with E-state index in [-0.39, 0.29) is 17.2 Å². The van der Waals surface area contributed by atoms with Crippen LogP contribution in [0.1, 0.15) is 55.6 Å². The zero-order chi connectivity index (χ0) is 20.2. The molecule has 6 heteroatoms. The highest BCUT2D eigenvalue weighted by molar-refractivity contribution is 8.00. The standard InChI is InChI=1S/C23H26N4OS/c1-3-27-21(19-14-15-19)25-26-23(27)29-16(2)22(28)24-20(17-10-6-4-7-11-17)18-12-8-5-9-13-18/h4-13,16,19-20H,3,14-15H2,1-2H3,(H,24,28)/t16-/m0/s1. The Balaban J connectivity index is 1.50. The molecule has 1 heterocycles. The Hall–Kier alpha value is -2.60. The number of carbonyl (C=O) groups excluding carboxylic acids is 1. The van der Waals surface area contributed by atoms with E-state index in [4.69, 9.17) is 0 Å². The monoisotopic (exact) mass is 406 g/mol. The number of rotatable bonds is 8. The van der Waals surface area contributed by atoms with Crippen LogP contribution in [-0.4, -0.2) is 25.9 Å². The Kier molecular flexibility index (Phi) is 6.00. The Bertz CT molecular complexity index is 914. The van der Waals surface area contributed by atoms with Gasteiger partial charge in [-0.15, -0.1) is 10.2 Å². The molecule has 150 valence electrons. The van der Waals surface area contributed by atoms with Gasteiger partial charge in [-0.2, -0.15) is 0 Å². The van der Waals surface area contributed by atoms with Gasteiger partial charge >= 0.3 is 0 Å². The van der Waals surface area contributed by atoms with Gasteiger partial charge in [0.25, 0.3) is 0 Å². The van der Waals surface area contributed by atoms with Gasteiger partial charge in [0, 0.05) is 12.5 Å². The molecule has 5 nitrogen and oxygen atoms in total. The first-order valence-corrected chi connectivity index (χ1v) is 11.0. The molecule has 1 aromatic heterocycles. The number of nitrogens with one attached hydrogen (secondary N) is 1. The molecule has 1 N–H and O–H groups in total. The molecule has 4 rings (SSSR count). The van der Waals surface area contributed by atoms with E-state index in [9.17, 15) is 4.79 Å². The first-order chi connectivity index (χ1) is 14.2. The van der Waals surface area contributed by atoms with Crippen LogP contribution in [-0.2, 0) is 11.3 Å². The van der Waals surface area contributed by atoms with Crippen molar-refractivity contribution in [2.75, 3.05) is 0 Å². The van der Waals surface area contributed by atoms with Gasteiger partial charge in [0.05, 0.1) is 11.3 Å². The van der Waals surface area contributed by atoms with Crippen LogP contribution in [0, 0.1) is 0 Å². The Morgan fingerprint density at radius 3 is 2.17 bits per heavy atom. The van der Waals surface area contributed by atoms with Crippen LogP contribution in [0.4, 0.5) is 0 Å². The molecule has 0 saturated heterocycles. The smallest absolute Gasteiger partial charge is 0.234 e. The summed E-state index contributed by atoms with van der Waals surface area (Å²) >= 11 is 1.48. The predicted molar refractivity (Wildman–Crippen MR) is 116 cm³/mol. The fourth-order valence-corrected chi connectivity index (χ4v) is 4.38. The molecule has 2 aromatic carbocycles. The molecule has 0 aliphatic heterocycles. The fraction of sp³-hybridized carbons (Fsp3) is 0.348. The van der Waals surface area contributed by atoms with Gasteiger partial charge in [0.2, 0.25) is 5.91 Å². The van der Waals surface area contributed by atoms with Crippen molar-refractivity contribution in [3.05, 3.63) is 77.6 Å². The quantitative estimate of drug-likeness (QED) is 0.557. The van der Waals surface area contributed by atoms with E-state index in [2.05, 4.69) is 27.0 Å². The Morgan fingerprint density at radius 2 is 1.66 bits per heavy atom. The van der Waals surface area contributed by atoms with Crippen molar-refractivity contribution in [2.45, 2.75) is 55.6 Å². The van der Waals surface area contributed by atoms with Crippen molar-refractivity contribution >= 4 is 17.7 Å². The lowest BCUT2D eigenvalue weighted by Crippen LogP contribution is -2.35. The van der Waals surface area contributed by atoms with Crippen LogP contribution in [0.25, 0.3) is 0 Å². The molecule has 0 unspecified atom stereocenters. The number of thioether (sulfide) groups is 1. The van der Waals surface area contributed by atoms with Gasteiger partial charge in [-0.1, -0.05) is 72.4 Å². The van der Waals surface area contributed by atoms with E-state index >= 15 is 0 Å². The maximum absolute atomic E-state index is 13.1. The predicted octanol–water partition coefficient (Wildman–Crippen LogP) is 4.56. The lowest BCUT2D eigenvalue weighted by atomic mass is 9.98. The minimum Gasteiger partial charge on any atom is -0.344 e. The van der Waals surface area contributed by atoms with Crippen molar-refractivity contribution in [3.8, 4) is 0 Å². The maximum atomic E-state index is 13.1. The van der Waals surface area contributed by atoms with Crippen molar-refractivity contribution in [1.29, 1.82) is 0 Å². The second-order valence-corrected chi connectivity index (χ2v) is 8.69. The van der Waals surface area contributed by atoms with Crippen LogP contribution in [0.15, 0.2) is 65.8 Å². The first-order valence-electron chi connectivity index (χ1n) is 10.2. The summed E-state index contributed by atoms with van der Waals surface area (Å²) in [6.07, 6.45) is 2.38. The minimum atomic E-state index is -0.272. The van der Waals surface area contributed by atoms with Crippen LogP contribution in [0.5, 0.6) is 0 Å². The van der Waals surface area contributed by atoms with Gasteiger partial charge in [0.15, 0.2) is 5.16 Å². The summed E-state index contributed by atoms with van der Waals surface area (Å²) in [6.45, 7) is 4.86. The van der Waals surface area contributed by atoms with Crippen molar-refractivity contribution < 1.29 is 4.79 Å². The third-order valence-electron chi connectivity index (χ3n) is 5.21. The van der Waals surface area contributed by atoms with E-state index in [1.807, 2.05) is 67.6 Å². The maximum Gasteiger partial charge on any atom is 0.234 e. The molecule has 1 amide bonds. The number of carbonyl (C=O) groups is 1. The average molecular weight is 407 g/mol. The Morgan fingerprint density at radius 1 is 1.07 bits per heavy atom. The van der Waals surface area contributed by atoms with Gasteiger partial charge in [0.1, 0.15) is 5.82 Å². The molecule has 1 aliphatic carbocycles. The van der Waals surface area contributed by atoms with E-state index in [1.165, 1.54) is 24.6 Å². The average Bonchev–Trinajstić information content (AvgIpc) is 3.53. The van der Waals surface area contributed by atoms with Gasteiger partial charge in [-0.05, 0) is 37.8 Å². The number of aromatic nitrogens is 3. The van der Waals surface area contributed by atoms with Crippen LogP contribution >= 0.6 is 11.8 Å². The molecule has 0 spiro atoms. The highest BCUT2D eigenvalue weighted by Crippen LogP contribution is 2.40. The lowest BCUT2D eigenvalue weighted by molar-refractivity contribution is -0.120. The fourth-order valence-electron chi connectivity index (χ4n) is 3.45. The van der Waals surface area contributed by atoms with Gasteiger partial charge < -0.3 is 9.88 Å². The molecule has 1 atom stereocenters. The second kappa shape index (κ2) is 8.82. The van der Waals surface area contributed by atoms with Crippen LogP contribution in [0.3, 0.4) is 0 Å². The zero-order valence-electron chi connectivity index (χ0n) is 16.8. The number of hydrogen-bond donors (Lipinski definition) is 1. The van der Waals surface area contributed by atoms with Gasteiger partial charge in [-0.25, -0.2) is 0 Å². The number of nitrogens with zero attached hydrogens (tertiary/aromatic N) is 3.